The van der Waals surface area contributed by atoms with Gasteiger partial charge in [0.1, 0.15) is 0 Å². The van der Waals surface area contributed by atoms with Gasteiger partial charge in [-0.15, -0.1) is 0 Å². The van der Waals surface area contributed by atoms with Crippen molar-refractivity contribution in [3.63, 3.8) is 0 Å². The maximum absolute atomic E-state index is 12.3. The van der Waals surface area contributed by atoms with Gasteiger partial charge in [0.2, 0.25) is 5.79 Å². The fourth-order valence-corrected chi connectivity index (χ4v) is 2.74. The molecule has 7 nitrogen and oxygen atoms in total. The van der Waals surface area contributed by atoms with E-state index in [1.54, 1.807) is 32.0 Å². The van der Waals surface area contributed by atoms with Gasteiger partial charge in [-0.2, -0.15) is 0 Å². The van der Waals surface area contributed by atoms with Crippen molar-refractivity contribution in [2.45, 2.75) is 19.6 Å². The molecule has 0 atom stereocenters. The van der Waals surface area contributed by atoms with Crippen molar-refractivity contribution < 1.29 is 28.7 Å². The van der Waals surface area contributed by atoms with Gasteiger partial charge < -0.3 is 14.3 Å². The van der Waals surface area contributed by atoms with E-state index in [0.29, 0.717) is 16.6 Å². The lowest BCUT2D eigenvalue weighted by Gasteiger charge is -2.16. The van der Waals surface area contributed by atoms with Crippen molar-refractivity contribution >= 4 is 17.8 Å². The average Bonchev–Trinajstić information content (AvgIpc) is 3.02. The number of benzene rings is 2. The zero-order valence-corrected chi connectivity index (χ0v) is 13.4. The molecular formula is C18H13NO6. The summed E-state index contributed by atoms with van der Waals surface area (Å²) < 4.78 is 11.1. The summed E-state index contributed by atoms with van der Waals surface area (Å²) in [7, 11) is 0. The molecule has 0 unspecified atom stereocenters. The molecule has 2 aliphatic rings. The minimum Gasteiger partial charge on any atom is -0.449 e. The highest BCUT2D eigenvalue weighted by Crippen LogP contribution is 2.39. The topological polar surface area (TPSA) is 82.1 Å². The van der Waals surface area contributed by atoms with Crippen LogP contribution < -0.4 is 9.47 Å². The number of fused-ring (bicyclic) bond motifs is 2. The van der Waals surface area contributed by atoms with Crippen LogP contribution in [0.5, 0.6) is 11.5 Å². The van der Waals surface area contributed by atoms with Crippen LogP contribution in [-0.2, 0) is 4.84 Å². The van der Waals surface area contributed by atoms with Crippen LogP contribution in [0.15, 0.2) is 42.5 Å². The number of ether oxygens (including phenoxy) is 2. The molecule has 2 aliphatic heterocycles. The maximum atomic E-state index is 12.3. The minimum atomic E-state index is -0.842. The SMILES string of the molecule is CC1(C)Oc2ccc(C(=O)ON3C(=O)c4ccccc4C3=O)cc2O1. The third kappa shape index (κ3) is 2.40. The van der Waals surface area contributed by atoms with Crippen molar-refractivity contribution in [3.05, 3.63) is 59.2 Å². The highest BCUT2D eigenvalue weighted by atomic mass is 16.7. The highest BCUT2D eigenvalue weighted by Gasteiger charge is 2.39. The Hall–Kier alpha value is -3.35. The Morgan fingerprint density at radius 2 is 1.56 bits per heavy atom. The Balaban J connectivity index is 1.56. The third-order valence-corrected chi connectivity index (χ3v) is 3.82. The van der Waals surface area contributed by atoms with Crippen molar-refractivity contribution in [3.8, 4) is 11.5 Å². The number of nitrogens with zero attached hydrogens (tertiary/aromatic N) is 1. The van der Waals surface area contributed by atoms with E-state index < -0.39 is 23.6 Å². The number of rotatable bonds is 2. The lowest BCUT2D eigenvalue weighted by molar-refractivity contribution is -0.0585. The molecule has 0 fully saturated rings. The summed E-state index contributed by atoms with van der Waals surface area (Å²) in [4.78, 5) is 41.8. The Morgan fingerprint density at radius 1 is 0.960 bits per heavy atom. The van der Waals surface area contributed by atoms with E-state index >= 15 is 0 Å². The summed E-state index contributed by atoms with van der Waals surface area (Å²) in [5.41, 5.74) is 0.539. The highest BCUT2D eigenvalue weighted by molar-refractivity contribution is 6.21. The zero-order valence-electron chi connectivity index (χ0n) is 13.4. The summed E-state index contributed by atoms with van der Waals surface area (Å²) >= 11 is 0. The van der Waals surface area contributed by atoms with Crippen molar-refractivity contribution in [1.82, 2.24) is 5.06 Å². The van der Waals surface area contributed by atoms with Crippen LogP contribution in [0.2, 0.25) is 0 Å². The molecule has 0 aliphatic carbocycles. The smallest absolute Gasteiger partial charge is 0.364 e. The molecule has 4 rings (SSSR count). The van der Waals surface area contributed by atoms with Crippen LogP contribution in [0.3, 0.4) is 0 Å². The number of hydrogen-bond donors (Lipinski definition) is 0. The second-order valence-electron chi connectivity index (χ2n) is 6.09. The summed E-state index contributed by atoms with van der Waals surface area (Å²) in [6.07, 6.45) is 0. The summed E-state index contributed by atoms with van der Waals surface area (Å²) in [5, 5.41) is 0.474. The van der Waals surface area contributed by atoms with E-state index in [-0.39, 0.29) is 16.7 Å². The van der Waals surface area contributed by atoms with Crippen molar-refractivity contribution in [2.75, 3.05) is 0 Å². The molecule has 2 heterocycles. The first-order chi connectivity index (χ1) is 11.9. The molecule has 2 aromatic carbocycles. The van der Waals surface area contributed by atoms with E-state index in [2.05, 4.69) is 0 Å². The number of carbonyl (C=O) groups is 3. The van der Waals surface area contributed by atoms with E-state index in [4.69, 9.17) is 14.3 Å². The van der Waals surface area contributed by atoms with Crippen molar-refractivity contribution in [1.29, 1.82) is 0 Å². The van der Waals surface area contributed by atoms with Gasteiger partial charge in [0.05, 0.1) is 16.7 Å². The predicted molar refractivity (Wildman–Crippen MR) is 84.1 cm³/mol. The Morgan fingerprint density at radius 3 is 2.20 bits per heavy atom. The van der Waals surface area contributed by atoms with Gasteiger partial charge in [0.15, 0.2) is 11.5 Å². The van der Waals surface area contributed by atoms with Crippen LogP contribution in [0.1, 0.15) is 44.9 Å². The van der Waals surface area contributed by atoms with Crippen LogP contribution in [0.25, 0.3) is 0 Å². The number of imide groups is 1. The molecule has 2 amide bonds. The third-order valence-electron chi connectivity index (χ3n) is 3.82. The van der Waals surface area contributed by atoms with Crippen molar-refractivity contribution in [2.24, 2.45) is 0 Å². The predicted octanol–water partition coefficient (Wildman–Crippen LogP) is 2.56. The molecule has 25 heavy (non-hydrogen) atoms. The lowest BCUT2D eigenvalue weighted by Crippen LogP contribution is -2.32. The fourth-order valence-electron chi connectivity index (χ4n) is 2.74. The fraction of sp³-hybridized carbons (Fsp3) is 0.167. The second-order valence-corrected chi connectivity index (χ2v) is 6.09. The largest absolute Gasteiger partial charge is 0.449 e. The van der Waals surface area contributed by atoms with E-state index in [1.165, 1.54) is 24.3 Å². The molecule has 0 saturated carbocycles. The lowest BCUT2D eigenvalue weighted by atomic mass is 10.1. The normalized spacial score (nSPS) is 16.8. The molecule has 2 aromatic rings. The standard InChI is InChI=1S/C18H13NO6/c1-18(2)23-13-8-7-10(9-14(13)24-18)17(22)25-19-15(20)11-5-3-4-6-12(11)16(19)21/h3-9H,1-2H3. The maximum Gasteiger partial charge on any atom is 0.364 e. The molecule has 0 aromatic heterocycles. The first kappa shape index (κ1) is 15.2. The molecule has 0 N–H and O–H groups in total. The number of hydrogen-bond acceptors (Lipinski definition) is 6. The average molecular weight is 339 g/mol. The second kappa shape index (κ2) is 5.07. The first-order valence-corrected chi connectivity index (χ1v) is 7.58. The Kier molecular flexibility index (Phi) is 3.08. The zero-order chi connectivity index (χ0) is 17.8. The van der Waals surface area contributed by atoms with Gasteiger partial charge in [-0.1, -0.05) is 17.2 Å². The van der Waals surface area contributed by atoms with Crippen LogP contribution in [-0.4, -0.2) is 28.6 Å². The molecule has 7 heteroatoms. The molecule has 0 radical (unpaired) electrons. The number of amides is 2. The van der Waals surface area contributed by atoms with Crippen LogP contribution >= 0.6 is 0 Å². The van der Waals surface area contributed by atoms with Gasteiger partial charge in [0, 0.05) is 13.8 Å². The molecule has 0 bridgehead atoms. The van der Waals surface area contributed by atoms with Gasteiger partial charge in [0.25, 0.3) is 11.8 Å². The summed E-state index contributed by atoms with van der Waals surface area (Å²) in [6, 6.07) is 10.8. The van der Waals surface area contributed by atoms with Gasteiger partial charge in [-0.25, -0.2) is 4.79 Å². The number of hydroxylamine groups is 2. The summed E-state index contributed by atoms with van der Waals surface area (Å²) in [6.45, 7) is 3.48. The monoisotopic (exact) mass is 339 g/mol. The van der Waals surface area contributed by atoms with E-state index in [0.717, 1.165) is 0 Å². The number of carbonyl (C=O) groups excluding carboxylic acids is 3. The Labute approximate surface area is 142 Å². The van der Waals surface area contributed by atoms with Gasteiger partial charge in [-0.3, -0.25) is 9.59 Å². The molecule has 0 saturated heterocycles. The van der Waals surface area contributed by atoms with E-state index in [9.17, 15) is 14.4 Å². The Bertz CT molecular complexity index is 898. The summed E-state index contributed by atoms with van der Waals surface area (Å²) in [5.74, 6) is -2.12. The molecule has 126 valence electrons. The van der Waals surface area contributed by atoms with Gasteiger partial charge >= 0.3 is 5.97 Å². The van der Waals surface area contributed by atoms with Gasteiger partial charge in [-0.05, 0) is 30.3 Å². The van der Waals surface area contributed by atoms with E-state index in [1.807, 2.05) is 0 Å². The first-order valence-electron chi connectivity index (χ1n) is 7.58. The van der Waals surface area contributed by atoms with Crippen LogP contribution in [0, 0.1) is 0 Å². The molecular weight excluding hydrogens is 326 g/mol. The minimum absolute atomic E-state index is 0.136. The molecule has 0 spiro atoms. The van der Waals surface area contributed by atoms with Crippen LogP contribution in [0.4, 0.5) is 0 Å². The quantitative estimate of drug-likeness (QED) is 0.782.